The molecule has 34 heavy (non-hydrogen) atoms. The Morgan fingerprint density at radius 1 is 1.26 bits per heavy atom. The molecular weight excluding hydrogens is 477 g/mol. The van der Waals surface area contributed by atoms with E-state index in [0.29, 0.717) is 33.1 Å². The van der Waals surface area contributed by atoms with E-state index in [1.54, 1.807) is 31.2 Å². The topological polar surface area (TPSA) is 106 Å². The molecule has 0 fully saturated rings. The van der Waals surface area contributed by atoms with Crippen LogP contribution in [0.5, 0.6) is 0 Å². The number of carbonyl (C=O) groups is 3. The lowest BCUT2D eigenvalue weighted by Crippen LogP contribution is -2.55. The molecule has 1 aromatic carbocycles. The Labute approximate surface area is 198 Å². The molecule has 0 spiro atoms. The number of amides is 2. The summed E-state index contributed by atoms with van der Waals surface area (Å²) >= 11 is 6.40. The zero-order valence-corrected chi connectivity index (χ0v) is 19.3. The summed E-state index contributed by atoms with van der Waals surface area (Å²) in [6.45, 7) is 1.53. The van der Waals surface area contributed by atoms with Crippen molar-refractivity contribution in [2.75, 3.05) is 20.6 Å². The van der Waals surface area contributed by atoms with Crippen LogP contribution in [0, 0.1) is 6.92 Å². The van der Waals surface area contributed by atoms with E-state index >= 15 is 0 Å². The van der Waals surface area contributed by atoms with Gasteiger partial charge in [-0.25, -0.2) is 4.79 Å². The first-order valence-electron chi connectivity index (χ1n) is 10.2. The minimum atomic E-state index is -5.35. The van der Waals surface area contributed by atoms with Gasteiger partial charge in [-0.05, 0) is 18.6 Å². The van der Waals surface area contributed by atoms with Crippen LogP contribution in [0.25, 0.3) is 11.1 Å². The van der Waals surface area contributed by atoms with Crippen LogP contribution in [0.1, 0.15) is 27.3 Å². The molecule has 3 rings (SSSR count). The molecule has 2 aromatic rings. The van der Waals surface area contributed by atoms with Gasteiger partial charge in [0.15, 0.2) is 0 Å². The average Bonchev–Trinajstić information content (AvgIpc) is 2.76. The molecule has 2 N–H and O–H groups in total. The van der Waals surface area contributed by atoms with Gasteiger partial charge < -0.3 is 15.4 Å². The molecule has 1 aliphatic rings. The Balaban J connectivity index is 2.19. The average molecular weight is 499 g/mol. The van der Waals surface area contributed by atoms with E-state index in [-0.39, 0.29) is 25.1 Å². The fourth-order valence-electron chi connectivity index (χ4n) is 3.76. The summed E-state index contributed by atoms with van der Waals surface area (Å²) < 4.78 is 43.2. The number of fused-ring (bicyclic) bond motifs is 1. The van der Waals surface area contributed by atoms with Crippen LogP contribution in [-0.4, -0.2) is 65.6 Å². The molecule has 1 aliphatic heterocycles. The number of aryl methyl sites for hydroxylation is 1. The van der Waals surface area contributed by atoms with E-state index in [2.05, 4.69) is 9.72 Å². The van der Waals surface area contributed by atoms with Gasteiger partial charge in [-0.15, -0.1) is 0 Å². The summed E-state index contributed by atoms with van der Waals surface area (Å²) in [4.78, 5) is 44.1. The summed E-state index contributed by atoms with van der Waals surface area (Å²) in [5.74, 6) is -4.41. The number of likely N-dealkylation sites (N-methyl/N-ethyl adjacent to an activating group) is 1. The number of benzene rings is 1. The van der Waals surface area contributed by atoms with Crippen molar-refractivity contribution < 1.29 is 32.3 Å². The highest BCUT2D eigenvalue weighted by molar-refractivity contribution is 6.33. The van der Waals surface area contributed by atoms with E-state index in [1.807, 2.05) is 0 Å². The van der Waals surface area contributed by atoms with E-state index in [1.165, 1.54) is 14.1 Å². The maximum Gasteiger partial charge on any atom is 0.491 e. The number of alkyl halides is 3. The number of hydrogen-bond donors (Lipinski definition) is 1. The van der Waals surface area contributed by atoms with Crippen LogP contribution in [0.3, 0.4) is 0 Å². The van der Waals surface area contributed by atoms with Gasteiger partial charge in [0.1, 0.15) is 0 Å². The molecule has 0 unspecified atom stereocenters. The number of hydrogen-bond acceptors (Lipinski definition) is 6. The Morgan fingerprint density at radius 3 is 2.47 bits per heavy atom. The maximum absolute atomic E-state index is 13.7. The molecule has 1 atom stereocenters. The first-order valence-corrected chi connectivity index (χ1v) is 10.5. The van der Waals surface area contributed by atoms with E-state index in [0.717, 1.165) is 9.80 Å². The normalized spacial score (nSPS) is 14.5. The standard InChI is InChI=1S/C22H22ClF3N4O4/c1-11-13(10-27)16(12-6-4-5-7-14(12)23)17-15(28-11)8-9-30(18(17)31)20(19(32)29(2)3)34-21(33)22(24,25)26/h4-7,20H,8-10,27H2,1-3H3/t20-/m1/s1. The Kier molecular flexibility index (Phi) is 7.18. The summed E-state index contributed by atoms with van der Waals surface area (Å²) in [5.41, 5.74) is 8.32. The molecule has 2 heterocycles. The first kappa shape index (κ1) is 25.4. The predicted octanol–water partition coefficient (Wildman–Crippen LogP) is 2.69. The third kappa shape index (κ3) is 4.71. The second-order valence-electron chi connectivity index (χ2n) is 7.79. The second-order valence-corrected chi connectivity index (χ2v) is 8.20. The minimum absolute atomic E-state index is 0.00304. The maximum atomic E-state index is 13.7. The summed E-state index contributed by atoms with van der Waals surface area (Å²) in [5, 5.41) is 0.319. The van der Waals surface area contributed by atoms with Crippen molar-refractivity contribution in [3.63, 3.8) is 0 Å². The van der Waals surface area contributed by atoms with Crippen molar-refractivity contribution in [3.8, 4) is 11.1 Å². The Hall–Kier alpha value is -3.18. The van der Waals surface area contributed by atoms with Crippen molar-refractivity contribution >= 4 is 29.4 Å². The van der Waals surface area contributed by atoms with Gasteiger partial charge in [0, 0.05) is 55.4 Å². The molecule has 8 nitrogen and oxygen atoms in total. The van der Waals surface area contributed by atoms with Gasteiger partial charge in [0.2, 0.25) is 0 Å². The quantitative estimate of drug-likeness (QED) is 0.635. The monoisotopic (exact) mass is 498 g/mol. The highest BCUT2D eigenvalue weighted by Crippen LogP contribution is 2.38. The minimum Gasteiger partial charge on any atom is -0.425 e. The molecule has 0 saturated heterocycles. The van der Waals surface area contributed by atoms with Gasteiger partial charge in [0.25, 0.3) is 18.0 Å². The van der Waals surface area contributed by atoms with Crippen molar-refractivity contribution in [2.45, 2.75) is 32.3 Å². The smallest absolute Gasteiger partial charge is 0.425 e. The van der Waals surface area contributed by atoms with Crippen LogP contribution in [0.15, 0.2) is 24.3 Å². The van der Waals surface area contributed by atoms with Gasteiger partial charge in [-0.3, -0.25) is 19.5 Å². The number of esters is 1. The number of rotatable bonds is 5. The van der Waals surface area contributed by atoms with Gasteiger partial charge in [-0.2, -0.15) is 13.2 Å². The number of nitrogens with zero attached hydrogens (tertiary/aromatic N) is 3. The lowest BCUT2D eigenvalue weighted by molar-refractivity contribution is -0.212. The van der Waals surface area contributed by atoms with Gasteiger partial charge in [0.05, 0.1) is 11.3 Å². The van der Waals surface area contributed by atoms with Gasteiger partial charge >= 0.3 is 12.1 Å². The lowest BCUT2D eigenvalue weighted by Gasteiger charge is -2.36. The molecular formula is C22H22ClF3N4O4. The predicted molar refractivity (Wildman–Crippen MR) is 117 cm³/mol. The molecule has 0 saturated carbocycles. The molecule has 0 aliphatic carbocycles. The number of ether oxygens (including phenoxy) is 1. The van der Waals surface area contributed by atoms with Crippen LogP contribution in [0.2, 0.25) is 5.02 Å². The molecule has 0 radical (unpaired) electrons. The second kappa shape index (κ2) is 9.59. The molecule has 182 valence electrons. The summed E-state index contributed by atoms with van der Waals surface area (Å²) in [6.07, 6.45) is -7.37. The third-order valence-corrected chi connectivity index (χ3v) is 5.71. The van der Waals surface area contributed by atoms with Gasteiger partial charge in [-0.1, -0.05) is 29.8 Å². The van der Waals surface area contributed by atoms with Crippen molar-refractivity contribution in [1.82, 2.24) is 14.8 Å². The summed E-state index contributed by atoms with van der Waals surface area (Å²) in [7, 11) is 2.54. The number of pyridine rings is 1. The highest BCUT2D eigenvalue weighted by Gasteiger charge is 2.47. The van der Waals surface area contributed by atoms with Crippen LogP contribution in [-0.2, 0) is 27.3 Å². The largest absolute Gasteiger partial charge is 0.491 e. The SMILES string of the molecule is Cc1nc2c(c(-c3ccccc3Cl)c1CN)C(=O)N([C@H](OC(=O)C(F)(F)F)C(=O)N(C)C)CC2. The van der Waals surface area contributed by atoms with Crippen LogP contribution >= 0.6 is 11.6 Å². The zero-order chi connectivity index (χ0) is 25.4. The third-order valence-electron chi connectivity index (χ3n) is 5.38. The molecule has 12 heteroatoms. The van der Waals surface area contributed by atoms with E-state index in [9.17, 15) is 27.6 Å². The summed E-state index contributed by atoms with van der Waals surface area (Å²) in [6, 6.07) is 6.70. The molecule has 2 amide bonds. The van der Waals surface area contributed by atoms with Crippen molar-refractivity contribution in [2.24, 2.45) is 5.73 Å². The van der Waals surface area contributed by atoms with Crippen molar-refractivity contribution in [1.29, 1.82) is 0 Å². The highest BCUT2D eigenvalue weighted by atomic mass is 35.5. The first-order chi connectivity index (χ1) is 15.9. The van der Waals surface area contributed by atoms with Crippen molar-refractivity contribution in [3.05, 3.63) is 51.8 Å². The lowest BCUT2D eigenvalue weighted by atomic mass is 9.89. The number of halogens is 4. The fraction of sp³-hybridized carbons (Fsp3) is 0.364. The Morgan fingerprint density at radius 2 is 1.91 bits per heavy atom. The molecule has 1 aromatic heterocycles. The Bertz CT molecular complexity index is 1150. The van der Waals surface area contributed by atoms with Crippen LogP contribution in [0.4, 0.5) is 13.2 Å². The van der Waals surface area contributed by atoms with E-state index < -0.39 is 30.2 Å². The fourth-order valence-corrected chi connectivity index (χ4v) is 3.99. The number of carbonyl (C=O) groups excluding carboxylic acids is 3. The number of nitrogens with two attached hydrogens (primary N) is 1. The van der Waals surface area contributed by atoms with E-state index in [4.69, 9.17) is 17.3 Å². The number of aromatic nitrogens is 1. The molecule has 0 bridgehead atoms. The zero-order valence-electron chi connectivity index (χ0n) is 18.6. The van der Waals surface area contributed by atoms with Crippen LogP contribution < -0.4 is 5.73 Å².